The molecular weight excluding hydrogens is 805 g/mol. The third-order valence-electron chi connectivity index (χ3n) is 13.8. The van der Waals surface area contributed by atoms with Crippen LogP contribution in [0.5, 0.6) is 0 Å². The van der Waals surface area contributed by atoms with Crippen LogP contribution in [-0.4, -0.2) is 26.1 Å². The molecule has 0 N–H and O–H groups in total. The molecule has 2 atom stereocenters. The van der Waals surface area contributed by atoms with Crippen LogP contribution in [0.3, 0.4) is 0 Å². The molecule has 7 aromatic rings. The van der Waals surface area contributed by atoms with Crippen molar-refractivity contribution in [2.45, 2.75) is 51.5 Å². The van der Waals surface area contributed by atoms with Gasteiger partial charge in [-0.3, -0.25) is 0 Å². The van der Waals surface area contributed by atoms with Crippen LogP contribution in [-0.2, 0) is 0 Å². The molecule has 1 aromatic heterocycles. The van der Waals surface area contributed by atoms with Crippen molar-refractivity contribution in [2.24, 2.45) is 0 Å². The summed E-state index contributed by atoms with van der Waals surface area (Å²) in [6, 6.07) is 63.5. The van der Waals surface area contributed by atoms with E-state index >= 15 is 0 Å². The van der Waals surface area contributed by atoms with E-state index in [1.54, 1.807) is 0 Å². The minimum Gasteiger partial charge on any atom is -0.228 e. The van der Waals surface area contributed by atoms with Gasteiger partial charge in [-0.05, 0) is 100 Å². The van der Waals surface area contributed by atoms with Gasteiger partial charge in [-0.15, -0.1) is 0 Å². The minimum absolute atomic E-state index is 0.370. The Morgan fingerprint density at radius 1 is 0.516 bits per heavy atom. The molecule has 4 heteroatoms. The van der Waals surface area contributed by atoms with Crippen molar-refractivity contribution >= 4 is 47.7 Å². The second-order valence-electron chi connectivity index (χ2n) is 17.5. The molecule has 2 nitrogen and oxygen atoms in total. The molecule has 0 saturated heterocycles. The molecule has 2 unspecified atom stereocenters. The fourth-order valence-corrected chi connectivity index (χ4v) is 21.5. The number of rotatable bonds is 11. The molecule has 0 radical (unpaired) electrons. The zero-order valence-electron chi connectivity index (χ0n) is 36.9. The fraction of sp³-hybridized carbons (Fsp3) is 0.133. The Balaban J connectivity index is 1.19. The molecule has 0 aliphatic heterocycles. The van der Waals surface area contributed by atoms with Gasteiger partial charge in [0.15, 0.2) is 22.0 Å². The summed E-state index contributed by atoms with van der Waals surface area (Å²) in [7, 11) is -5.31. The second-order valence-corrected chi connectivity index (χ2v) is 25.5. The summed E-state index contributed by atoms with van der Waals surface area (Å²) in [5.74, 6) is 0.775. The van der Waals surface area contributed by atoms with Gasteiger partial charge in [0, 0.05) is 11.1 Å². The van der Waals surface area contributed by atoms with E-state index in [-0.39, 0.29) is 0 Å². The number of allylic oxidation sites excluding steroid dienone is 12. The van der Waals surface area contributed by atoms with Crippen LogP contribution in [0.4, 0.5) is 0 Å². The van der Waals surface area contributed by atoms with Gasteiger partial charge in [-0.1, -0.05) is 229 Å². The number of benzene rings is 6. The number of aromatic nitrogens is 2. The predicted octanol–water partition coefficient (Wildman–Crippen LogP) is 11.5. The molecule has 3 aliphatic rings. The third-order valence-corrected chi connectivity index (χ3v) is 24.0. The van der Waals surface area contributed by atoms with Crippen LogP contribution in [0, 0.1) is 13.8 Å². The summed E-state index contributed by atoms with van der Waals surface area (Å²) < 4.78 is 0. The van der Waals surface area contributed by atoms with Crippen LogP contribution < -0.4 is 25.9 Å². The summed E-state index contributed by atoms with van der Waals surface area (Å²) in [6.07, 6.45) is 26.8. The second kappa shape index (κ2) is 18.2. The van der Waals surface area contributed by atoms with Crippen LogP contribution in [0.2, 0.25) is 5.54 Å². The molecule has 312 valence electrons. The molecule has 3 aliphatic carbocycles. The van der Waals surface area contributed by atoms with Crippen LogP contribution >= 0.6 is 0 Å². The van der Waals surface area contributed by atoms with Gasteiger partial charge >= 0.3 is 0 Å². The first kappa shape index (κ1) is 41.3. The Hall–Kier alpha value is -6.73. The minimum atomic E-state index is -2.70. The van der Waals surface area contributed by atoms with Crippen LogP contribution in [0.25, 0.3) is 28.2 Å². The van der Waals surface area contributed by atoms with Gasteiger partial charge in [0.2, 0.25) is 0 Å². The lowest BCUT2D eigenvalue weighted by atomic mass is 9.99. The molecule has 0 spiro atoms. The Labute approximate surface area is 381 Å². The number of aryl methyl sites for hydroxylation is 2. The number of hydrogen-bond donors (Lipinski definition) is 0. The van der Waals surface area contributed by atoms with Gasteiger partial charge in [-0.2, -0.15) is 0 Å². The quantitative estimate of drug-likeness (QED) is 0.0957. The standard InChI is InChI=1S/C60H54N2Si2/c1-45-24-21-25-46(2)59(45)60-61-57(47-26-22-40-55(42-47)63(49-28-9-3-10-29-49,50-30-11-4-12-31-50)51-32-13-5-14-33-51)44-58(62-60)48-27-23-41-56(43-48)64(52-34-15-6-16-35-52,53-36-17-7-18-37-53)54-38-19-8-20-39-54/h3-7,9-19,21,23-36,38-39,41-44,53H,8,20,22,37,40H2,1-2H3. The predicted molar refractivity (Wildman–Crippen MR) is 276 cm³/mol. The summed E-state index contributed by atoms with van der Waals surface area (Å²) in [5, 5.41) is 10.0. The van der Waals surface area contributed by atoms with Crippen LogP contribution in [0.15, 0.2) is 235 Å². The van der Waals surface area contributed by atoms with Crippen molar-refractivity contribution < 1.29 is 0 Å². The van der Waals surface area contributed by atoms with E-state index < -0.39 is 16.1 Å². The maximum Gasteiger partial charge on any atom is 0.175 e. The van der Waals surface area contributed by atoms with E-state index in [1.165, 1.54) is 47.5 Å². The van der Waals surface area contributed by atoms with E-state index in [4.69, 9.17) is 9.97 Å². The zero-order valence-corrected chi connectivity index (χ0v) is 38.9. The summed E-state index contributed by atoms with van der Waals surface area (Å²) in [5.41, 5.74) is 8.04. The molecule has 0 saturated carbocycles. The normalized spacial score (nSPS) is 17.0. The van der Waals surface area contributed by atoms with Gasteiger partial charge in [0.25, 0.3) is 0 Å². The summed E-state index contributed by atoms with van der Waals surface area (Å²) in [4.78, 5) is 11.1. The highest BCUT2D eigenvalue weighted by atomic mass is 28.3. The molecule has 0 bridgehead atoms. The summed E-state index contributed by atoms with van der Waals surface area (Å²) in [6.45, 7) is 4.38. The van der Waals surface area contributed by atoms with Gasteiger partial charge in [0.05, 0.1) is 11.4 Å². The zero-order chi connectivity index (χ0) is 43.4. The first-order valence-corrected chi connectivity index (χ1v) is 27.1. The smallest absolute Gasteiger partial charge is 0.175 e. The average molecular weight is 859 g/mol. The van der Waals surface area contributed by atoms with Crippen LogP contribution in [0.1, 0.15) is 48.9 Å². The van der Waals surface area contributed by atoms with Crippen molar-refractivity contribution in [3.63, 3.8) is 0 Å². The van der Waals surface area contributed by atoms with E-state index in [2.05, 4.69) is 238 Å². The molecule has 10 rings (SSSR count). The Morgan fingerprint density at radius 3 is 1.70 bits per heavy atom. The van der Waals surface area contributed by atoms with Gasteiger partial charge in [0.1, 0.15) is 0 Å². The maximum absolute atomic E-state index is 5.54. The topological polar surface area (TPSA) is 25.8 Å². The first-order valence-electron chi connectivity index (χ1n) is 23.0. The lowest BCUT2D eigenvalue weighted by molar-refractivity contribution is 0.982. The monoisotopic (exact) mass is 858 g/mol. The number of nitrogens with zero attached hydrogens (tertiary/aromatic N) is 2. The summed E-state index contributed by atoms with van der Waals surface area (Å²) >= 11 is 0. The first-order chi connectivity index (χ1) is 31.6. The van der Waals surface area contributed by atoms with Crippen molar-refractivity contribution in [2.75, 3.05) is 0 Å². The molecule has 64 heavy (non-hydrogen) atoms. The van der Waals surface area contributed by atoms with E-state index in [1.807, 2.05) is 0 Å². The van der Waals surface area contributed by atoms with Gasteiger partial charge in [-0.25, -0.2) is 9.97 Å². The highest BCUT2D eigenvalue weighted by molar-refractivity contribution is 7.16. The van der Waals surface area contributed by atoms with E-state index in [0.29, 0.717) is 5.54 Å². The molecule has 0 fully saturated rings. The van der Waals surface area contributed by atoms with Crippen molar-refractivity contribution in [1.82, 2.24) is 9.97 Å². The fourth-order valence-electron chi connectivity index (χ4n) is 10.9. The average Bonchev–Trinajstić information content (AvgIpc) is 3.37. The van der Waals surface area contributed by atoms with E-state index in [0.717, 1.165) is 66.0 Å². The molecular formula is C60H54N2Si2. The molecule has 1 heterocycles. The molecule has 6 aromatic carbocycles. The van der Waals surface area contributed by atoms with E-state index in [9.17, 15) is 0 Å². The van der Waals surface area contributed by atoms with Crippen molar-refractivity contribution in [1.29, 1.82) is 0 Å². The van der Waals surface area contributed by atoms with Crippen molar-refractivity contribution in [3.05, 3.63) is 252 Å². The Kier molecular flexibility index (Phi) is 11.7. The highest BCUT2D eigenvalue weighted by Crippen LogP contribution is 2.39. The molecule has 0 amide bonds. The SMILES string of the molecule is Cc1cccc(C)c1-c1nc(C2=CCCC([Si](c3ccccc3)(c3ccccc3)c3ccccc3)=C2)cc(-c2cccc([Si](C3=CCCC=C3)(c3ccccc3)C3C=CC=CC3)c2)n1. The Bertz CT molecular complexity index is 2860. The Morgan fingerprint density at radius 2 is 1.11 bits per heavy atom. The van der Waals surface area contributed by atoms with Crippen molar-refractivity contribution in [3.8, 4) is 22.6 Å². The highest BCUT2D eigenvalue weighted by Gasteiger charge is 2.47. The largest absolute Gasteiger partial charge is 0.228 e. The maximum atomic E-state index is 5.54. The lowest BCUT2D eigenvalue weighted by Crippen LogP contribution is -2.68. The lowest BCUT2D eigenvalue weighted by Gasteiger charge is -2.41. The van der Waals surface area contributed by atoms with Gasteiger partial charge < -0.3 is 0 Å². The number of hydrogen-bond acceptors (Lipinski definition) is 2. The third kappa shape index (κ3) is 7.51.